The molecule has 0 spiro atoms. The molecular weight excluding hydrogens is 516 g/mol. The number of rotatable bonds is 37. The lowest BCUT2D eigenvalue weighted by Gasteiger charge is -2.08. The highest BCUT2D eigenvalue weighted by Crippen LogP contribution is 2.11. The lowest BCUT2D eigenvalue weighted by Crippen LogP contribution is -2.15. The summed E-state index contributed by atoms with van der Waals surface area (Å²) < 4.78 is 48.7. The Morgan fingerprint density at radius 1 is 0.250 bits per heavy atom. The Kier molecular flexibility index (Phi) is 38.3. The van der Waals surface area contributed by atoms with Gasteiger partial charge in [-0.2, -0.15) is 0 Å². The summed E-state index contributed by atoms with van der Waals surface area (Å²) >= 11 is 0. The first kappa shape index (κ1) is 39.6. The van der Waals surface area contributed by atoms with Crippen LogP contribution >= 0.6 is 0 Å². The molecule has 40 heavy (non-hydrogen) atoms. The molecule has 0 fully saturated rings. The van der Waals surface area contributed by atoms with Crippen molar-refractivity contribution in [1.82, 2.24) is 0 Å². The van der Waals surface area contributed by atoms with Gasteiger partial charge in [-0.15, -0.1) is 0 Å². The molecular formula is C31H64O9. The zero-order chi connectivity index (χ0) is 28.9. The highest BCUT2D eigenvalue weighted by molar-refractivity contribution is 4.48. The predicted molar refractivity (Wildman–Crippen MR) is 160 cm³/mol. The minimum absolute atomic E-state index is 0.542. The van der Waals surface area contributed by atoms with Gasteiger partial charge < -0.3 is 42.6 Å². The van der Waals surface area contributed by atoms with E-state index in [-0.39, 0.29) is 0 Å². The molecule has 9 heteroatoms. The van der Waals surface area contributed by atoms with Crippen molar-refractivity contribution < 1.29 is 42.6 Å². The van der Waals surface area contributed by atoms with Gasteiger partial charge in [0.25, 0.3) is 0 Å². The van der Waals surface area contributed by atoms with Gasteiger partial charge >= 0.3 is 0 Å². The Hall–Kier alpha value is -0.360. The second-order valence-corrected chi connectivity index (χ2v) is 9.78. The van der Waals surface area contributed by atoms with Crippen LogP contribution in [0.15, 0.2) is 0 Å². The minimum Gasteiger partial charge on any atom is -0.382 e. The first-order valence-electron chi connectivity index (χ1n) is 16.0. The Labute approximate surface area is 246 Å². The van der Waals surface area contributed by atoms with Gasteiger partial charge in [-0.3, -0.25) is 0 Å². The fraction of sp³-hybridized carbons (Fsp3) is 1.00. The van der Waals surface area contributed by atoms with Crippen molar-refractivity contribution >= 4 is 0 Å². The summed E-state index contributed by atoms with van der Waals surface area (Å²) in [5.41, 5.74) is 0. The van der Waals surface area contributed by atoms with Crippen LogP contribution in [0.3, 0.4) is 0 Å². The molecule has 0 bridgehead atoms. The number of ether oxygens (including phenoxy) is 9. The molecule has 242 valence electrons. The lowest BCUT2D eigenvalue weighted by molar-refractivity contribution is -0.0243. The van der Waals surface area contributed by atoms with E-state index in [1.165, 1.54) is 70.6 Å². The average molecular weight is 581 g/mol. The third-order valence-corrected chi connectivity index (χ3v) is 6.18. The van der Waals surface area contributed by atoms with Crippen LogP contribution in [0.25, 0.3) is 0 Å². The van der Waals surface area contributed by atoms with Crippen molar-refractivity contribution in [2.24, 2.45) is 0 Å². The van der Waals surface area contributed by atoms with E-state index in [9.17, 15) is 0 Å². The van der Waals surface area contributed by atoms with Crippen molar-refractivity contribution in [2.75, 3.05) is 119 Å². The van der Waals surface area contributed by atoms with Gasteiger partial charge in [0.05, 0.1) is 106 Å². The topological polar surface area (TPSA) is 83.1 Å². The highest BCUT2D eigenvalue weighted by Gasteiger charge is 1.96. The summed E-state index contributed by atoms with van der Waals surface area (Å²) in [7, 11) is 1.65. The Bertz CT molecular complexity index is 392. The average Bonchev–Trinajstić information content (AvgIpc) is 2.97. The number of hydrogen-bond donors (Lipinski definition) is 0. The molecule has 0 heterocycles. The quantitative estimate of drug-likeness (QED) is 0.0889. The van der Waals surface area contributed by atoms with Gasteiger partial charge in [0.2, 0.25) is 0 Å². The number of methoxy groups -OCH3 is 1. The van der Waals surface area contributed by atoms with E-state index in [2.05, 4.69) is 6.92 Å². The Balaban J connectivity index is 3.01. The SMILES string of the molecule is CCCCCCCCCCCCCCOCCOCCOCCOCCOCCOCCOCCOCCOC. The molecule has 0 amide bonds. The molecule has 0 aliphatic carbocycles. The molecule has 0 N–H and O–H groups in total. The van der Waals surface area contributed by atoms with Gasteiger partial charge in [0.15, 0.2) is 0 Å². The van der Waals surface area contributed by atoms with E-state index in [4.69, 9.17) is 42.6 Å². The first-order chi connectivity index (χ1) is 19.9. The molecule has 0 rings (SSSR count). The van der Waals surface area contributed by atoms with Crippen molar-refractivity contribution in [3.63, 3.8) is 0 Å². The summed E-state index contributed by atoms with van der Waals surface area (Å²) in [4.78, 5) is 0. The summed E-state index contributed by atoms with van der Waals surface area (Å²) in [6.45, 7) is 12.3. The molecule has 0 saturated heterocycles. The van der Waals surface area contributed by atoms with E-state index in [1.54, 1.807) is 7.11 Å². The number of unbranched alkanes of at least 4 members (excludes halogenated alkanes) is 11. The summed E-state index contributed by atoms with van der Waals surface area (Å²) in [6.07, 6.45) is 16.4. The van der Waals surface area contributed by atoms with E-state index in [0.717, 1.165) is 13.0 Å². The van der Waals surface area contributed by atoms with E-state index in [1.807, 2.05) is 0 Å². The summed E-state index contributed by atoms with van der Waals surface area (Å²) in [5.74, 6) is 0. The molecule has 0 saturated carbocycles. The third-order valence-electron chi connectivity index (χ3n) is 6.18. The van der Waals surface area contributed by atoms with Gasteiger partial charge in [-0.1, -0.05) is 77.6 Å². The van der Waals surface area contributed by atoms with Crippen LogP contribution < -0.4 is 0 Å². The third kappa shape index (κ3) is 37.6. The predicted octanol–water partition coefficient (Wildman–Crippen LogP) is 5.47. The van der Waals surface area contributed by atoms with E-state index in [0.29, 0.717) is 106 Å². The fourth-order valence-corrected chi connectivity index (χ4v) is 3.83. The van der Waals surface area contributed by atoms with Crippen molar-refractivity contribution in [3.05, 3.63) is 0 Å². The van der Waals surface area contributed by atoms with Crippen LogP contribution in [0.4, 0.5) is 0 Å². The molecule has 0 aromatic rings. The monoisotopic (exact) mass is 580 g/mol. The standard InChI is InChI=1S/C31H64O9/c1-3-4-5-6-7-8-9-10-11-12-13-14-15-33-18-19-35-22-23-37-26-27-39-30-31-40-29-28-38-25-24-36-21-20-34-17-16-32-2/h3-31H2,1-2H3. The smallest absolute Gasteiger partial charge is 0.0701 e. The molecule has 0 atom stereocenters. The van der Waals surface area contributed by atoms with Crippen LogP contribution in [0.2, 0.25) is 0 Å². The second kappa shape index (κ2) is 38.6. The molecule has 9 nitrogen and oxygen atoms in total. The maximum Gasteiger partial charge on any atom is 0.0701 e. The molecule has 0 aliphatic heterocycles. The largest absolute Gasteiger partial charge is 0.382 e. The van der Waals surface area contributed by atoms with Crippen LogP contribution in [0, 0.1) is 0 Å². The molecule has 0 aliphatic rings. The minimum atomic E-state index is 0.542. The van der Waals surface area contributed by atoms with Crippen molar-refractivity contribution in [1.29, 1.82) is 0 Å². The molecule has 0 unspecified atom stereocenters. The van der Waals surface area contributed by atoms with Crippen LogP contribution in [0.1, 0.15) is 84.0 Å². The maximum absolute atomic E-state index is 5.65. The van der Waals surface area contributed by atoms with Crippen LogP contribution in [-0.4, -0.2) is 119 Å². The zero-order valence-electron chi connectivity index (χ0n) is 26.2. The van der Waals surface area contributed by atoms with Gasteiger partial charge in [0, 0.05) is 13.7 Å². The Morgan fingerprint density at radius 3 is 0.750 bits per heavy atom. The van der Waals surface area contributed by atoms with E-state index < -0.39 is 0 Å². The molecule has 0 radical (unpaired) electrons. The fourth-order valence-electron chi connectivity index (χ4n) is 3.83. The van der Waals surface area contributed by atoms with Gasteiger partial charge in [0.1, 0.15) is 0 Å². The number of hydrogen-bond acceptors (Lipinski definition) is 9. The summed E-state index contributed by atoms with van der Waals surface area (Å²) in [6, 6.07) is 0. The lowest BCUT2D eigenvalue weighted by atomic mass is 10.1. The zero-order valence-corrected chi connectivity index (χ0v) is 26.2. The molecule has 0 aromatic carbocycles. The van der Waals surface area contributed by atoms with Crippen LogP contribution in [0.5, 0.6) is 0 Å². The Morgan fingerprint density at radius 2 is 0.475 bits per heavy atom. The van der Waals surface area contributed by atoms with Crippen LogP contribution in [-0.2, 0) is 42.6 Å². The van der Waals surface area contributed by atoms with Crippen molar-refractivity contribution in [2.45, 2.75) is 84.0 Å². The van der Waals surface area contributed by atoms with E-state index >= 15 is 0 Å². The summed E-state index contributed by atoms with van der Waals surface area (Å²) in [5, 5.41) is 0. The van der Waals surface area contributed by atoms with Gasteiger partial charge in [-0.25, -0.2) is 0 Å². The normalized spacial score (nSPS) is 11.6. The van der Waals surface area contributed by atoms with Gasteiger partial charge in [-0.05, 0) is 6.42 Å². The molecule has 0 aromatic heterocycles. The highest BCUT2D eigenvalue weighted by atomic mass is 16.6. The van der Waals surface area contributed by atoms with Crippen molar-refractivity contribution in [3.8, 4) is 0 Å². The second-order valence-electron chi connectivity index (χ2n) is 9.78. The maximum atomic E-state index is 5.65. The first-order valence-corrected chi connectivity index (χ1v) is 16.0.